The fourth-order valence-electron chi connectivity index (χ4n) is 3.68. The number of hydrogen-bond donors (Lipinski definition) is 1. The van der Waals surface area contributed by atoms with Crippen molar-refractivity contribution < 1.29 is 0 Å². The van der Waals surface area contributed by atoms with Crippen LogP contribution >= 0.6 is 0 Å². The van der Waals surface area contributed by atoms with Crippen molar-refractivity contribution >= 4 is 0 Å². The third kappa shape index (κ3) is 5.42. The first-order valence-corrected chi connectivity index (χ1v) is 11.1. The van der Waals surface area contributed by atoms with E-state index < -0.39 is 0 Å². The zero-order valence-corrected chi connectivity index (χ0v) is 18.3. The van der Waals surface area contributed by atoms with E-state index in [9.17, 15) is 0 Å². The summed E-state index contributed by atoms with van der Waals surface area (Å²) in [7, 11) is 0. The second-order valence-electron chi connectivity index (χ2n) is 7.88. The van der Waals surface area contributed by atoms with E-state index in [1.807, 2.05) is 12.1 Å². The summed E-state index contributed by atoms with van der Waals surface area (Å²) in [5.41, 5.74) is 4.70. The third-order valence-corrected chi connectivity index (χ3v) is 5.31. The van der Waals surface area contributed by atoms with E-state index in [-0.39, 0.29) is 0 Å². The maximum Gasteiger partial charge on any atom is 0.204 e. The van der Waals surface area contributed by atoms with Gasteiger partial charge >= 0.3 is 0 Å². The Kier molecular flexibility index (Phi) is 6.82. The molecule has 2 aromatic carbocycles. The van der Waals surface area contributed by atoms with E-state index in [0.29, 0.717) is 5.82 Å². The highest BCUT2D eigenvalue weighted by Crippen LogP contribution is 2.18. The van der Waals surface area contributed by atoms with E-state index >= 15 is 0 Å². The van der Waals surface area contributed by atoms with Crippen LogP contribution in [-0.4, -0.2) is 35.4 Å². The Labute approximate surface area is 182 Å². The summed E-state index contributed by atoms with van der Waals surface area (Å²) in [5.74, 6) is 2.69. The Morgan fingerprint density at radius 2 is 1.74 bits per heavy atom. The lowest BCUT2D eigenvalue weighted by Gasteiger charge is -2.08. The Hall–Kier alpha value is -3.35. The van der Waals surface area contributed by atoms with Gasteiger partial charge in [-0.2, -0.15) is 10.3 Å². The van der Waals surface area contributed by atoms with Crippen LogP contribution in [0.4, 0.5) is 0 Å². The van der Waals surface area contributed by atoms with Crippen molar-refractivity contribution in [2.45, 2.75) is 58.9 Å². The molecule has 0 aliphatic carbocycles. The normalized spacial score (nSPS) is 11.2. The Morgan fingerprint density at radius 3 is 2.48 bits per heavy atom. The molecule has 1 N–H and O–H groups in total. The van der Waals surface area contributed by atoms with Crippen molar-refractivity contribution in [2.24, 2.45) is 0 Å². The average molecular weight is 416 g/mol. The molecule has 0 aliphatic heterocycles. The molecular formula is C24H29N7. The van der Waals surface area contributed by atoms with E-state index in [0.717, 1.165) is 55.9 Å². The monoisotopic (exact) mass is 415 g/mol. The van der Waals surface area contributed by atoms with Gasteiger partial charge in [-0.25, -0.2) is 9.67 Å². The van der Waals surface area contributed by atoms with E-state index in [4.69, 9.17) is 10.1 Å². The topological polar surface area (TPSA) is 85.2 Å². The number of rotatable bonds is 10. The lowest BCUT2D eigenvalue weighted by Crippen LogP contribution is -2.07. The lowest BCUT2D eigenvalue weighted by molar-refractivity contribution is 0.613. The van der Waals surface area contributed by atoms with E-state index in [2.05, 4.69) is 75.6 Å². The molecule has 7 nitrogen and oxygen atoms in total. The zero-order chi connectivity index (χ0) is 21.5. The highest BCUT2D eigenvalue weighted by atomic mass is 15.5. The predicted octanol–water partition coefficient (Wildman–Crippen LogP) is 4.39. The molecule has 0 aliphatic rings. The molecule has 160 valence electrons. The Morgan fingerprint density at radius 1 is 0.903 bits per heavy atom. The van der Waals surface area contributed by atoms with Crippen molar-refractivity contribution in [3.63, 3.8) is 0 Å². The molecule has 4 rings (SSSR count). The predicted molar refractivity (Wildman–Crippen MR) is 121 cm³/mol. The molecule has 0 saturated heterocycles. The second-order valence-corrected chi connectivity index (χ2v) is 7.88. The minimum Gasteiger partial charge on any atom is -0.245 e. The molecular weight excluding hydrogens is 386 g/mol. The summed E-state index contributed by atoms with van der Waals surface area (Å²) in [6.07, 6.45) is 6.16. The lowest BCUT2D eigenvalue weighted by atomic mass is 10.0. The van der Waals surface area contributed by atoms with Crippen LogP contribution in [0.2, 0.25) is 0 Å². The van der Waals surface area contributed by atoms with Crippen LogP contribution in [0.25, 0.3) is 11.4 Å². The van der Waals surface area contributed by atoms with Crippen molar-refractivity contribution in [1.29, 1.82) is 0 Å². The van der Waals surface area contributed by atoms with Crippen LogP contribution in [0.1, 0.15) is 61.4 Å². The standard InChI is InChI=1S/C24H29N7/c1-3-5-10-23-25-22(7-4-2)28-31(23)17-19-13-11-18(12-14-19)15-20-8-6-9-21(16-20)24-26-29-30-27-24/h6,8-9,11-14,16H,3-5,7,10,15,17H2,1-2H3,(H,26,27,29,30). The molecule has 0 spiro atoms. The largest absolute Gasteiger partial charge is 0.245 e. The van der Waals surface area contributed by atoms with Crippen LogP contribution in [0.3, 0.4) is 0 Å². The third-order valence-electron chi connectivity index (χ3n) is 5.31. The maximum atomic E-state index is 4.77. The molecule has 0 atom stereocenters. The molecule has 0 bridgehead atoms. The number of hydrogen-bond acceptors (Lipinski definition) is 5. The Balaban J connectivity index is 1.45. The van der Waals surface area contributed by atoms with Crippen LogP contribution in [0.15, 0.2) is 48.5 Å². The van der Waals surface area contributed by atoms with Gasteiger partial charge in [-0.1, -0.05) is 62.7 Å². The number of aromatic nitrogens is 7. The first-order valence-electron chi connectivity index (χ1n) is 11.1. The van der Waals surface area contributed by atoms with E-state index in [1.165, 1.54) is 23.1 Å². The number of H-pyrrole nitrogens is 1. The van der Waals surface area contributed by atoms with Crippen LogP contribution in [-0.2, 0) is 25.8 Å². The number of unbranched alkanes of at least 4 members (excludes halogenated alkanes) is 1. The van der Waals surface area contributed by atoms with Gasteiger partial charge in [-0.05, 0) is 47.2 Å². The van der Waals surface area contributed by atoms with Crippen molar-refractivity contribution in [3.05, 3.63) is 76.9 Å². The summed E-state index contributed by atoms with van der Waals surface area (Å²) in [6, 6.07) is 17.1. The maximum absolute atomic E-state index is 4.77. The van der Waals surface area contributed by atoms with Gasteiger partial charge in [0, 0.05) is 18.4 Å². The summed E-state index contributed by atoms with van der Waals surface area (Å²) < 4.78 is 2.09. The fraction of sp³-hybridized carbons (Fsp3) is 0.375. The fourth-order valence-corrected chi connectivity index (χ4v) is 3.68. The molecule has 31 heavy (non-hydrogen) atoms. The zero-order valence-electron chi connectivity index (χ0n) is 18.3. The van der Waals surface area contributed by atoms with Crippen molar-refractivity contribution in [3.8, 4) is 11.4 Å². The minimum atomic E-state index is 0.617. The number of tetrazole rings is 1. The van der Waals surface area contributed by atoms with Crippen molar-refractivity contribution in [2.75, 3.05) is 0 Å². The summed E-state index contributed by atoms with van der Waals surface area (Å²) in [6.45, 7) is 5.15. The summed E-state index contributed by atoms with van der Waals surface area (Å²) in [4.78, 5) is 4.77. The first-order chi connectivity index (χ1) is 15.2. The van der Waals surface area contributed by atoms with Gasteiger partial charge in [0.1, 0.15) is 5.82 Å². The molecule has 2 heterocycles. The molecule has 4 aromatic rings. The Bertz CT molecular complexity index is 1080. The van der Waals surface area contributed by atoms with Gasteiger partial charge in [0.15, 0.2) is 5.82 Å². The highest BCUT2D eigenvalue weighted by molar-refractivity contribution is 5.55. The SMILES string of the molecule is CCCCc1nc(CCC)nn1Cc1ccc(Cc2cccc(-c3nn[nH]n3)c2)cc1. The quantitative estimate of drug-likeness (QED) is 0.415. The molecule has 7 heteroatoms. The molecule has 0 radical (unpaired) electrons. The van der Waals surface area contributed by atoms with Gasteiger partial charge in [-0.3, -0.25) is 0 Å². The molecule has 0 amide bonds. The van der Waals surface area contributed by atoms with Crippen molar-refractivity contribution in [1.82, 2.24) is 35.4 Å². The number of nitrogens with zero attached hydrogens (tertiary/aromatic N) is 6. The summed E-state index contributed by atoms with van der Waals surface area (Å²) >= 11 is 0. The van der Waals surface area contributed by atoms with Crippen LogP contribution in [0, 0.1) is 0 Å². The van der Waals surface area contributed by atoms with Gasteiger partial charge < -0.3 is 0 Å². The molecule has 2 aromatic heterocycles. The smallest absolute Gasteiger partial charge is 0.204 e. The number of aromatic amines is 1. The van der Waals surface area contributed by atoms with Gasteiger partial charge in [0.25, 0.3) is 0 Å². The van der Waals surface area contributed by atoms with Gasteiger partial charge in [0.05, 0.1) is 6.54 Å². The highest BCUT2D eigenvalue weighted by Gasteiger charge is 2.10. The van der Waals surface area contributed by atoms with Crippen LogP contribution in [0.5, 0.6) is 0 Å². The number of nitrogens with one attached hydrogen (secondary N) is 1. The van der Waals surface area contributed by atoms with Gasteiger partial charge in [0.2, 0.25) is 5.82 Å². The number of aryl methyl sites for hydroxylation is 2. The average Bonchev–Trinajstić information content (AvgIpc) is 3.45. The van der Waals surface area contributed by atoms with E-state index in [1.54, 1.807) is 0 Å². The van der Waals surface area contributed by atoms with Gasteiger partial charge in [-0.15, -0.1) is 10.2 Å². The number of benzene rings is 2. The second kappa shape index (κ2) is 10.1. The minimum absolute atomic E-state index is 0.617. The molecule has 0 fully saturated rings. The molecule has 0 saturated carbocycles. The summed E-state index contributed by atoms with van der Waals surface area (Å²) in [5, 5.41) is 19.0. The van der Waals surface area contributed by atoms with Crippen LogP contribution < -0.4 is 0 Å². The molecule has 0 unspecified atom stereocenters. The first kappa shape index (κ1) is 20.9.